The first-order valence-electron chi connectivity index (χ1n) is 5.87. The first-order valence-corrected chi connectivity index (χ1v) is 7.37. The van der Waals surface area contributed by atoms with Gasteiger partial charge in [0.2, 0.25) is 0 Å². The Morgan fingerprint density at radius 3 is 2.83 bits per heavy atom. The first kappa shape index (κ1) is 15.4. The minimum absolute atomic E-state index is 0.0323. The average molecular weight is 337 g/mol. The monoisotopic (exact) mass is 335 g/mol. The van der Waals surface area contributed by atoms with Gasteiger partial charge >= 0.3 is 0 Å². The maximum atomic E-state index is 13.0. The summed E-state index contributed by atoms with van der Waals surface area (Å²) in [5, 5.41) is 3.73. The van der Waals surface area contributed by atoms with Gasteiger partial charge < -0.3 is 5.32 Å². The van der Waals surface area contributed by atoms with Crippen LogP contribution in [0.4, 0.5) is 4.39 Å². The molecule has 1 N–H and O–H groups in total. The molecule has 0 heterocycles. The van der Waals surface area contributed by atoms with Crippen LogP contribution in [-0.4, -0.2) is 17.8 Å². The number of amides is 1. The van der Waals surface area contributed by atoms with Crippen molar-refractivity contribution in [3.63, 3.8) is 0 Å². The van der Waals surface area contributed by atoms with Crippen molar-refractivity contribution in [2.45, 2.75) is 19.8 Å². The molecule has 0 saturated heterocycles. The van der Waals surface area contributed by atoms with Crippen molar-refractivity contribution in [2.75, 3.05) is 11.9 Å². The van der Waals surface area contributed by atoms with Crippen LogP contribution in [0, 0.1) is 11.7 Å². The lowest BCUT2D eigenvalue weighted by Crippen LogP contribution is -2.29. The van der Waals surface area contributed by atoms with Gasteiger partial charge in [0, 0.05) is 17.4 Å². The van der Waals surface area contributed by atoms with E-state index in [1.807, 2.05) is 0 Å². The molecular weight excluding hydrogens is 321 g/mol. The van der Waals surface area contributed by atoms with Crippen molar-refractivity contribution in [1.29, 1.82) is 0 Å². The summed E-state index contributed by atoms with van der Waals surface area (Å²) in [7, 11) is 0. The molecule has 0 aromatic heterocycles. The molecule has 5 heteroatoms. The van der Waals surface area contributed by atoms with Crippen molar-refractivity contribution in [2.24, 2.45) is 5.92 Å². The maximum absolute atomic E-state index is 13.0. The lowest BCUT2D eigenvalue weighted by molar-refractivity contribution is 0.0946. The number of hydrogen-bond donors (Lipinski definition) is 1. The van der Waals surface area contributed by atoms with Gasteiger partial charge in [0.1, 0.15) is 5.82 Å². The summed E-state index contributed by atoms with van der Waals surface area (Å²) >= 11 is 9.02. The van der Waals surface area contributed by atoms with Gasteiger partial charge in [-0.1, -0.05) is 40.9 Å². The minimum atomic E-state index is -0.515. The molecule has 18 heavy (non-hydrogen) atoms. The Bertz CT molecular complexity index is 414. The van der Waals surface area contributed by atoms with E-state index in [9.17, 15) is 9.18 Å². The number of halogens is 3. The molecule has 2 nitrogen and oxygen atoms in total. The van der Waals surface area contributed by atoms with Crippen LogP contribution in [0.3, 0.4) is 0 Å². The Morgan fingerprint density at radius 2 is 2.28 bits per heavy atom. The van der Waals surface area contributed by atoms with Crippen LogP contribution in [0.25, 0.3) is 0 Å². The molecule has 1 rings (SSSR count). The zero-order valence-electron chi connectivity index (χ0n) is 10.2. The Hall–Kier alpha value is -0.610. The highest BCUT2D eigenvalue weighted by atomic mass is 79.9. The Balaban J connectivity index is 2.57. The van der Waals surface area contributed by atoms with E-state index in [1.54, 1.807) is 0 Å². The quantitative estimate of drug-likeness (QED) is 0.781. The number of carbonyl (C=O) groups is 1. The lowest BCUT2D eigenvalue weighted by atomic mass is 10.0. The smallest absolute Gasteiger partial charge is 0.251 e. The largest absolute Gasteiger partial charge is 0.352 e. The normalized spacial score (nSPS) is 12.2. The van der Waals surface area contributed by atoms with Gasteiger partial charge in [-0.15, -0.1) is 0 Å². The van der Waals surface area contributed by atoms with Gasteiger partial charge in [-0.05, 0) is 30.5 Å². The second kappa shape index (κ2) is 7.74. The zero-order valence-corrected chi connectivity index (χ0v) is 12.5. The van der Waals surface area contributed by atoms with Gasteiger partial charge in [-0.3, -0.25) is 4.79 Å². The third kappa shape index (κ3) is 4.58. The summed E-state index contributed by atoms with van der Waals surface area (Å²) < 4.78 is 13.0. The Morgan fingerprint density at radius 1 is 1.56 bits per heavy atom. The van der Waals surface area contributed by atoms with Crippen LogP contribution in [-0.2, 0) is 0 Å². The highest BCUT2D eigenvalue weighted by Crippen LogP contribution is 2.16. The fourth-order valence-electron chi connectivity index (χ4n) is 1.58. The van der Waals surface area contributed by atoms with Crippen molar-refractivity contribution >= 4 is 33.4 Å². The van der Waals surface area contributed by atoms with Crippen LogP contribution in [0.5, 0.6) is 0 Å². The summed E-state index contributed by atoms with van der Waals surface area (Å²) in [6.07, 6.45) is 2.02. The number of benzene rings is 1. The predicted molar refractivity (Wildman–Crippen MR) is 75.9 cm³/mol. The van der Waals surface area contributed by atoms with Crippen LogP contribution in [0.15, 0.2) is 18.2 Å². The molecule has 1 amide bonds. The predicted octanol–water partition coefficient (Wildman–Crippen LogP) is 4.02. The number of alkyl halides is 1. The summed E-state index contributed by atoms with van der Waals surface area (Å²) in [4.78, 5) is 11.8. The molecule has 0 radical (unpaired) electrons. The molecule has 100 valence electrons. The third-order valence-corrected chi connectivity index (χ3v) is 3.58. The molecule has 0 fully saturated rings. The minimum Gasteiger partial charge on any atom is -0.352 e. The van der Waals surface area contributed by atoms with Gasteiger partial charge in [-0.2, -0.15) is 0 Å². The third-order valence-electron chi connectivity index (χ3n) is 2.83. The molecular formula is C13H16BrClFNO. The fourth-order valence-corrected chi connectivity index (χ4v) is 2.41. The van der Waals surface area contributed by atoms with Gasteiger partial charge in [0.15, 0.2) is 0 Å². The summed E-state index contributed by atoms with van der Waals surface area (Å²) in [6.45, 7) is 2.71. The molecule has 1 aromatic carbocycles. The molecule has 0 aliphatic carbocycles. The standard InChI is InChI=1S/C13H16BrClFNO/c1-2-9(5-6-14)8-17-13(18)10-3-4-12(16)11(15)7-10/h3-4,7,9H,2,5-6,8H2,1H3,(H,17,18). The molecule has 1 aromatic rings. The van der Waals surface area contributed by atoms with E-state index in [1.165, 1.54) is 18.2 Å². The zero-order chi connectivity index (χ0) is 13.5. The van der Waals surface area contributed by atoms with E-state index in [-0.39, 0.29) is 10.9 Å². The van der Waals surface area contributed by atoms with E-state index in [2.05, 4.69) is 28.2 Å². The van der Waals surface area contributed by atoms with Gasteiger partial charge in [-0.25, -0.2) is 4.39 Å². The molecule has 0 saturated carbocycles. The topological polar surface area (TPSA) is 29.1 Å². The second-order valence-electron chi connectivity index (χ2n) is 4.09. The van der Waals surface area contributed by atoms with E-state index >= 15 is 0 Å². The SMILES string of the molecule is CCC(CCBr)CNC(=O)c1ccc(F)c(Cl)c1. The van der Waals surface area contributed by atoms with Crippen molar-refractivity contribution in [3.05, 3.63) is 34.6 Å². The van der Waals surface area contributed by atoms with Crippen LogP contribution >= 0.6 is 27.5 Å². The summed E-state index contributed by atoms with van der Waals surface area (Å²) in [6, 6.07) is 3.98. The summed E-state index contributed by atoms with van der Waals surface area (Å²) in [5.74, 6) is -0.284. The van der Waals surface area contributed by atoms with E-state index < -0.39 is 5.82 Å². The van der Waals surface area contributed by atoms with Crippen LogP contribution in [0.2, 0.25) is 5.02 Å². The highest BCUT2D eigenvalue weighted by Gasteiger charge is 2.11. The first-order chi connectivity index (χ1) is 8.58. The molecule has 0 bridgehead atoms. The Labute approximate surface area is 120 Å². The summed E-state index contributed by atoms with van der Waals surface area (Å²) in [5.41, 5.74) is 0.384. The van der Waals surface area contributed by atoms with Crippen molar-refractivity contribution in [1.82, 2.24) is 5.32 Å². The molecule has 0 aliphatic heterocycles. The number of rotatable bonds is 6. The number of carbonyl (C=O) groups excluding carboxylic acids is 1. The fraction of sp³-hybridized carbons (Fsp3) is 0.462. The second-order valence-corrected chi connectivity index (χ2v) is 5.29. The maximum Gasteiger partial charge on any atom is 0.251 e. The van der Waals surface area contributed by atoms with Gasteiger partial charge in [0.05, 0.1) is 5.02 Å². The number of hydrogen-bond acceptors (Lipinski definition) is 1. The van der Waals surface area contributed by atoms with Crippen molar-refractivity contribution in [3.8, 4) is 0 Å². The van der Waals surface area contributed by atoms with Crippen LogP contribution in [0.1, 0.15) is 30.1 Å². The molecule has 0 aliphatic rings. The van der Waals surface area contributed by atoms with Crippen LogP contribution < -0.4 is 5.32 Å². The van der Waals surface area contributed by atoms with E-state index in [0.717, 1.165) is 18.2 Å². The van der Waals surface area contributed by atoms with Crippen molar-refractivity contribution < 1.29 is 9.18 Å². The molecule has 1 unspecified atom stereocenters. The molecule has 0 spiro atoms. The Kier molecular flexibility index (Phi) is 6.65. The van der Waals surface area contributed by atoms with Gasteiger partial charge in [0.25, 0.3) is 5.91 Å². The van der Waals surface area contributed by atoms with E-state index in [0.29, 0.717) is 18.0 Å². The number of nitrogens with one attached hydrogen (secondary N) is 1. The molecule has 1 atom stereocenters. The highest BCUT2D eigenvalue weighted by molar-refractivity contribution is 9.09. The lowest BCUT2D eigenvalue weighted by Gasteiger charge is -2.14. The van der Waals surface area contributed by atoms with E-state index in [4.69, 9.17) is 11.6 Å². The average Bonchev–Trinajstić information content (AvgIpc) is 2.37.